The number of carbonyl (C=O) groups is 1. The monoisotopic (exact) mass is 586 g/mol. The van der Waals surface area contributed by atoms with Gasteiger partial charge in [-0.15, -0.1) is 0 Å². The van der Waals surface area contributed by atoms with Gasteiger partial charge in [0.15, 0.2) is 15.4 Å². The number of aromatic nitrogens is 4. The van der Waals surface area contributed by atoms with Crippen molar-refractivity contribution in [2.75, 3.05) is 24.2 Å². The van der Waals surface area contributed by atoms with Crippen molar-refractivity contribution in [3.8, 4) is 11.4 Å². The van der Waals surface area contributed by atoms with Gasteiger partial charge in [0, 0.05) is 56.2 Å². The molecule has 14 heteroatoms. The Morgan fingerprint density at radius 3 is 2.49 bits per heavy atom. The molecule has 1 amide bonds. The van der Waals surface area contributed by atoms with Gasteiger partial charge in [0.2, 0.25) is 0 Å². The maximum Gasteiger partial charge on any atom is 0.417 e. The summed E-state index contributed by atoms with van der Waals surface area (Å²) in [6.07, 6.45) is -0.481. The third-order valence-corrected chi connectivity index (χ3v) is 7.98. The van der Waals surface area contributed by atoms with Crippen molar-refractivity contribution in [2.45, 2.75) is 36.1 Å². The summed E-state index contributed by atoms with van der Waals surface area (Å²) in [4.78, 5) is 31.7. The van der Waals surface area contributed by atoms with E-state index in [0.717, 1.165) is 11.6 Å². The Morgan fingerprint density at radius 1 is 1.05 bits per heavy atom. The zero-order valence-corrected chi connectivity index (χ0v) is 22.6. The number of alkyl halides is 3. The van der Waals surface area contributed by atoms with E-state index in [1.165, 1.54) is 18.5 Å². The molecule has 0 spiro atoms. The van der Waals surface area contributed by atoms with E-state index in [4.69, 9.17) is 0 Å². The average Bonchev–Trinajstić information content (AvgIpc) is 2.95. The van der Waals surface area contributed by atoms with Gasteiger partial charge in [0.1, 0.15) is 5.82 Å². The van der Waals surface area contributed by atoms with Crippen LogP contribution in [0, 0.1) is 0 Å². The Bertz CT molecular complexity index is 1720. The zero-order valence-electron chi connectivity index (χ0n) is 21.8. The summed E-state index contributed by atoms with van der Waals surface area (Å²) in [5.41, 5.74) is -0.447. The highest BCUT2D eigenvalue weighted by Gasteiger charge is 2.54. The minimum absolute atomic E-state index is 0.00692. The van der Waals surface area contributed by atoms with Crippen LogP contribution in [0.3, 0.4) is 0 Å². The molecular formula is C27H25F3N6O4S. The first kappa shape index (κ1) is 28.4. The minimum atomic E-state index is -4.68. The molecule has 0 aliphatic carbocycles. The van der Waals surface area contributed by atoms with Crippen LogP contribution in [-0.2, 0) is 16.4 Å². The smallest absolute Gasteiger partial charge is 0.380 e. The number of carbonyl (C=O) groups excluding carboxylic acids is 1. The van der Waals surface area contributed by atoms with Gasteiger partial charge in [0.25, 0.3) is 5.91 Å². The van der Waals surface area contributed by atoms with Crippen molar-refractivity contribution in [3.63, 3.8) is 0 Å². The highest BCUT2D eigenvalue weighted by Crippen LogP contribution is 2.39. The highest BCUT2D eigenvalue weighted by molar-refractivity contribution is 7.90. The fraction of sp³-hybridized carbons (Fsp3) is 0.296. The Labute approximate surface area is 233 Å². The van der Waals surface area contributed by atoms with Crippen LogP contribution in [0.25, 0.3) is 22.3 Å². The molecule has 0 atom stereocenters. The number of nitrogens with zero attached hydrogens (tertiary/aromatic N) is 5. The molecule has 5 heterocycles. The molecule has 0 aromatic carbocycles. The van der Waals surface area contributed by atoms with Gasteiger partial charge in [-0.3, -0.25) is 14.8 Å². The molecule has 1 saturated heterocycles. The Balaban J connectivity index is 1.31. The van der Waals surface area contributed by atoms with Crippen molar-refractivity contribution in [1.82, 2.24) is 25.3 Å². The van der Waals surface area contributed by atoms with Crippen molar-refractivity contribution < 1.29 is 31.5 Å². The van der Waals surface area contributed by atoms with E-state index in [1.807, 2.05) is 6.07 Å². The van der Waals surface area contributed by atoms with E-state index in [9.17, 15) is 31.5 Å². The second kappa shape index (κ2) is 10.7. The summed E-state index contributed by atoms with van der Waals surface area (Å²) in [5, 5.41) is 13.4. The number of halogens is 3. The molecule has 5 rings (SSSR count). The molecule has 10 nitrogen and oxygen atoms in total. The molecule has 0 unspecified atom stereocenters. The third-order valence-electron chi connectivity index (χ3n) is 6.90. The molecule has 0 saturated carbocycles. The summed E-state index contributed by atoms with van der Waals surface area (Å²) in [6, 6.07) is 11.7. The maximum absolute atomic E-state index is 13.2. The summed E-state index contributed by atoms with van der Waals surface area (Å²) in [6.45, 7) is 0.0662. The van der Waals surface area contributed by atoms with Crippen LogP contribution in [0.2, 0.25) is 0 Å². The fourth-order valence-corrected chi connectivity index (χ4v) is 5.04. The van der Waals surface area contributed by atoms with Crippen molar-refractivity contribution in [2.24, 2.45) is 0 Å². The number of hydrogen-bond donors (Lipinski definition) is 2. The van der Waals surface area contributed by atoms with E-state index in [1.54, 1.807) is 41.4 Å². The number of fused-ring (bicyclic) bond motifs is 1. The van der Waals surface area contributed by atoms with Gasteiger partial charge in [-0.05, 0) is 36.4 Å². The lowest BCUT2D eigenvalue weighted by molar-refractivity contribution is -0.266. The van der Waals surface area contributed by atoms with E-state index >= 15 is 0 Å². The second-order valence-electron chi connectivity index (χ2n) is 9.83. The molecule has 214 valence electrons. The lowest BCUT2D eigenvalue weighted by Crippen LogP contribution is -2.53. The number of pyridine rings is 4. The number of aliphatic hydroxyl groups is 1. The minimum Gasteiger partial charge on any atom is -0.380 e. The predicted octanol–water partition coefficient (Wildman–Crippen LogP) is 3.31. The molecule has 1 aliphatic rings. The standard InChI is InChI=1S/C27H25F3N6O4S/c1-41(39,40)20-11-18(13-31-16-20)25(37)33-15-19-12-23-17(14-32-19)5-6-22(34-23)21-3-2-4-24(35-21)36-9-7-26(38,8-10-36)27(28,29)30/h2-6,11-14,16,38H,7-10,15H2,1H3,(H,33,37). The summed E-state index contributed by atoms with van der Waals surface area (Å²) in [5.74, 6) is -0.0276. The number of anilines is 1. The summed E-state index contributed by atoms with van der Waals surface area (Å²) in [7, 11) is -3.52. The van der Waals surface area contributed by atoms with Crippen LogP contribution in [-0.4, -0.2) is 70.5 Å². The van der Waals surface area contributed by atoms with Gasteiger partial charge in [-0.25, -0.2) is 18.4 Å². The number of rotatable bonds is 6. The fourth-order valence-electron chi connectivity index (χ4n) is 4.45. The van der Waals surface area contributed by atoms with E-state index in [-0.39, 0.29) is 30.1 Å². The van der Waals surface area contributed by atoms with E-state index < -0.39 is 40.4 Å². The summed E-state index contributed by atoms with van der Waals surface area (Å²) < 4.78 is 63.0. The van der Waals surface area contributed by atoms with Gasteiger partial charge in [-0.2, -0.15) is 13.2 Å². The molecular weight excluding hydrogens is 561 g/mol. The lowest BCUT2D eigenvalue weighted by atomic mass is 9.91. The molecule has 0 bridgehead atoms. The number of piperidine rings is 1. The van der Waals surface area contributed by atoms with Crippen molar-refractivity contribution in [3.05, 3.63) is 72.3 Å². The topological polar surface area (TPSA) is 138 Å². The van der Waals surface area contributed by atoms with Crippen LogP contribution in [0.15, 0.2) is 66.0 Å². The first-order valence-electron chi connectivity index (χ1n) is 12.5. The molecule has 41 heavy (non-hydrogen) atoms. The highest BCUT2D eigenvalue weighted by atomic mass is 32.2. The normalized spacial score (nSPS) is 15.6. The van der Waals surface area contributed by atoms with Crippen LogP contribution < -0.4 is 10.2 Å². The molecule has 0 radical (unpaired) electrons. The van der Waals surface area contributed by atoms with Gasteiger partial charge >= 0.3 is 6.18 Å². The van der Waals surface area contributed by atoms with Crippen molar-refractivity contribution >= 4 is 32.5 Å². The first-order chi connectivity index (χ1) is 19.3. The maximum atomic E-state index is 13.2. The first-order valence-corrected chi connectivity index (χ1v) is 14.4. The summed E-state index contributed by atoms with van der Waals surface area (Å²) >= 11 is 0. The van der Waals surface area contributed by atoms with Gasteiger partial charge in [0.05, 0.1) is 39.6 Å². The van der Waals surface area contributed by atoms with Crippen molar-refractivity contribution in [1.29, 1.82) is 0 Å². The third kappa shape index (κ3) is 6.12. The molecule has 1 fully saturated rings. The van der Waals surface area contributed by atoms with E-state index in [0.29, 0.717) is 28.4 Å². The van der Waals surface area contributed by atoms with Crippen LogP contribution >= 0.6 is 0 Å². The number of nitrogens with one attached hydrogen (secondary N) is 1. The van der Waals surface area contributed by atoms with Crippen LogP contribution in [0.1, 0.15) is 28.9 Å². The zero-order chi connectivity index (χ0) is 29.4. The number of sulfone groups is 1. The SMILES string of the molecule is CS(=O)(=O)c1cncc(C(=O)NCc2cc3nc(-c4cccc(N5CCC(O)(C(F)(F)F)CC5)n4)ccc3cn2)c1. The Hall–Kier alpha value is -4.17. The Morgan fingerprint density at radius 2 is 1.78 bits per heavy atom. The molecule has 4 aromatic rings. The van der Waals surface area contributed by atoms with Gasteiger partial charge < -0.3 is 15.3 Å². The van der Waals surface area contributed by atoms with E-state index in [2.05, 4.69) is 25.3 Å². The van der Waals surface area contributed by atoms with Gasteiger partial charge in [-0.1, -0.05) is 6.07 Å². The number of hydrogen-bond acceptors (Lipinski definition) is 9. The Kier molecular flexibility index (Phi) is 7.38. The largest absolute Gasteiger partial charge is 0.417 e. The molecule has 4 aromatic heterocycles. The molecule has 2 N–H and O–H groups in total. The van der Waals surface area contributed by atoms with Crippen LogP contribution in [0.5, 0.6) is 0 Å². The quantitative estimate of drug-likeness (QED) is 0.348. The average molecular weight is 587 g/mol. The number of amides is 1. The molecule has 1 aliphatic heterocycles. The predicted molar refractivity (Wildman–Crippen MR) is 144 cm³/mol. The lowest BCUT2D eigenvalue weighted by Gasteiger charge is -2.39. The van der Waals surface area contributed by atoms with Crippen LogP contribution in [0.4, 0.5) is 19.0 Å². The second-order valence-corrected chi connectivity index (χ2v) is 11.8.